The summed E-state index contributed by atoms with van der Waals surface area (Å²) in [5.74, 6) is -0.0746. The van der Waals surface area contributed by atoms with E-state index in [9.17, 15) is 4.79 Å². The topological polar surface area (TPSA) is 42.0 Å². The van der Waals surface area contributed by atoms with E-state index < -0.39 is 0 Å². The summed E-state index contributed by atoms with van der Waals surface area (Å²) >= 11 is 0. The molecule has 0 aliphatic carbocycles. The number of halogens is 1. The highest BCUT2D eigenvalue weighted by Crippen LogP contribution is 2.22. The van der Waals surface area contributed by atoms with Crippen molar-refractivity contribution in [1.82, 2.24) is 10.3 Å². The minimum Gasteiger partial charge on any atom is -0.352 e. The summed E-state index contributed by atoms with van der Waals surface area (Å²) in [4.78, 5) is 15.8. The van der Waals surface area contributed by atoms with Crippen molar-refractivity contribution in [2.45, 2.75) is 32.6 Å². The molecule has 0 radical (unpaired) electrons. The molecule has 2 rings (SSSR count). The van der Waals surface area contributed by atoms with E-state index in [0.717, 1.165) is 6.42 Å². The molecular weight excluding hydrogens is 296 g/mol. The average Bonchev–Trinajstić information content (AvgIpc) is 2.47. The zero-order chi connectivity index (χ0) is 15.3. The SMILES string of the molecule is CC(C)(C)c1ccc(CCNC(=O)c2cccnc2)cc1.Cl. The van der Waals surface area contributed by atoms with Gasteiger partial charge in [0.05, 0.1) is 5.56 Å². The van der Waals surface area contributed by atoms with E-state index in [0.29, 0.717) is 12.1 Å². The van der Waals surface area contributed by atoms with Gasteiger partial charge in [-0.05, 0) is 35.1 Å². The minimum absolute atomic E-state index is 0. The number of benzene rings is 1. The fourth-order valence-corrected chi connectivity index (χ4v) is 2.09. The molecule has 1 heterocycles. The Bertz CT molecular complexity index is 589. The molecule has 3 nitrogen and oxygen atoms in total. The zero-order valence-electron chi connectivity index (χ0n) is 13.3. The molecular formula is C18H23ClN2O. The quantitative estimate of drug-likeness (QED) is 0.932. The Hall–Kier alpha value is -1.87. The van der Waals surface area contributed by atoms with Gasteiger partial charge in [-0.1, -0.05) is 45.0 Å². The molecule has 0 aliphatic rings. The predicted molar refractivity (Wildman–Crippen MR) is 92.7 cm³/mol. The van der Waals surface area contributed by atoms with E-state index >= 15 is 0 Å². The third-order valence-electron chi connectivity index (χ3n) is 3.44. The third kappa shape index (κ3) is 5.15. The van der Waals surface area contributed by atoms with Crippen LogP contribution in [0, 0.1) is 0 Å². The van der Waals surface area contributed by atoms with Crippen LogP contribution in [0.1, 0.15) is 42.3 Å². The Balaban J connectivity index is 0.00000242. The number of rotatable bonds is 4. The molecule has 118 valence electrons. The molecule has 1 aromatic heterocycles. The van der Waals surface area contributed by atoms with Crippen molar-refractivity contribution < 1.29 is 4.79 Å². The van der Waals surface area contributed by atoms with E-state index in [-0.39, 0.29) is 23.7 Å². The van der Waals surface area contributed by atoms with Crippen LogP contribution in [0.25, 0.3) is 0 Å². The Kier molecular flexibility index (Phi) is 6.57. The second-order valence-electron chi connectivity index (χ2n) is 6.19. The second kappa shape index (κ2) is 7.95. The molecule has 0 saturated heterocycles. The molecule has 1 aromatic carbocycles. The Morgan fingerprint density at radius 3 is 2.36 bits per heavy atom. The highest BCUT2D eigenvalue weighted by molar-refractivity contribution is 5.93. The summed E-state index contributed by atoms with van der Waals surface area (Å²) < 4.78 is 0. The van der Waals surface area contributed by atoms with Crippen LogP contribution in [0.2, 0.25) is 0 Å². The summed E-state index contributed by atoms with van der Waals surface area (Å²) in [6.45, 7) is 7.24. The lowest BCUT2D eigenvalue weighted by Crippen LogP contribution is -2.25. The van der Waals surface area contributed by atoms with Crippen molar-refractivity contribution in [3.05, 3.63) is 65.5 Å². The van der Waals surface area contributed by atoms with Gasteiger partial charge in [-0.15, -0.1) is 12.4 Å². The van der Waals surface area contributed by atoms with E-state index in [1.54, 1.807) is 24.5 Å². The second-order valence-corrected chi connectivity index (χ2v) is 6.19. The van der Waals surface area contributed by atoms with Gasteiger partial charge in [-0.2, -0.15) is 0 Å². The summed E-state index contributed by atoms with van der Waals surface area (Å²) in [6.07, 6.45) is 4.07. The van der Waals surface area contributed by atoms with E-state index in [4.69, 9.17) is 0 Å². The zero-order valence-corrected chi connectivity index (χ0v) is 14.1. The molecule has 22 heavy (non-hydrogen) atoms. The smallest absolute Gasteiger partial charge is 0.252 e. The Labute approximate surface area is 138 Å². The third-order valence-corrected chi connectivity index (χ3v) is 3.44. The number of aromatic nitrogens is 1. The molecule has 0 fully saturated rings. The van der Waals surface area contributed by atoms with Crippen molar-refractivity contribution in [2.24, 2.45) is 0 Å². The van der Waals surface area contributed by atoms with Crippen LogP contribution < -0.4 is 5.32 Å². The van der Waals surface area contributed by atoms with Crippen LogP contribution >= 0.6 is 12.4 Å². The molecule has 0 saturated carbocycles. The van der Waals surface area contributed by atoms with Crippen LogP contribution in [-0.2, 0) is 11.8 Å². The number of carbonyl (C=O) groups is 1. The maximum atomic E-state index is 11.9. The number of nitrogens with one attached hydrogen (secondary N) is 1. The molecule has 0 atom stereocenters. The van der Waals surface area contributed by atoms with Gasteiger partial charge < -0.3 is 5.32 Å². The molecule has 1 N–H and O–H groups in total. The first kappa shape index (κ1) is 18.2. The van der Waals surface area contributed by atoms with Crippen molar-refractivity contribution >= 4 is 18.3 Å². The van der Waals surface area contributed by atoms with Gasteiger partial charge in [-0.3, -0.25) is 9.78 Å². The monoisotopic (exact) mass is 318 g/mol. The van der Waals surface area contributed by atoms with E-state index in [1.807, 2.05) is 0 Å². The number of hydrogen-bond acceptors (Lipinski definition) is 2. The first-order valence-electron chi connectivity index (χ1n) is 7.24. The van der Waals surface area contributed by atoms with Gasteiger partial charge in [0.1, 0.15) is 0 Å². The van der Waals surface area contributed by atoms with Crippen molar-refractivity contribution in [2.75, 3.05) is 6.54 Å². The normalized spacial score (nSPS) is 10.7. The Morgan fingerprint density at radius 2 is 1.82 bits per heavy atom. The molecule has 0 unspecified atom stereocenters. The van der Waals surface area contributed by atoms with Crippen LogP contribution in [0.15, 0.2) is 48.8 Å². The molecule has 0 spiro atoms. The summed E-state index contributed by atoms with van der Waals surface area (Å²) in [7, 11) is 0. The van der Waals surface area contributed by atoms with Crippen molar-refractivity contribution in [1.29, 1.82) is 0 Å². The molecule has 4 heteroatoms. The maximum absolute atomic E-state index is 11.9. The number of amides is 1. The van der Waals surface area contributed by atoms with Crippen molar-refractivity contribution in [3.63, 3.8) is 0 Å². The lowest BCUT2D eigenvalue weighted by Gasteiger charge is -2.19. The van der Waals surface area contributed by atoms with Crippen LogP contribution in [0.4, 0.5) is 0 Å². The fourth-order valence-electron chi connectivity index (χ4n) is 2.09. The average molecular weight is 319 g/mol. The highest BCUT2D eigenvalue weighted by Gasteiger charge is 2.12. The van der Waals surface area contributed by atoms with Crippen LogP contribution in [0.3, 0.4) is 0 Å². The number of nitrogens with zero attached hydrogens (tertiary/aromatic N) is 1. The van der Waals surface area contributed by atoms with Gasteiger partial charge in [-0.25, -0.2) is 0 Å². The minimum atomic E-state index is -0.0746. The fraction of sp³-hybridized carbons (Fsp3) is 0.333. The molecule has 0 aliphatic heterocycles. The summed E-state index contributed by atoms with van der Waals surface area (Å²) in [5, 5.41) is 2.91. The van der Waals surface area contributed by atoms with Gasteiger partial charge in [0.25, 0.3) is 5.91 Å². The molecule has 2 aromatic rings. The highest BCUT2D eigenvalue weighted by atomic mass is 35.5. The van der Waals surface area contributed by atoms with Gasteiger partial charge >= 0.3 is 0 Å². The van der Waals surface area contributed by atoms with Crippen LogP contribution in [-0.4, -0.2) is 17.4 Å². The van der Waals surface area contributed by atoms with Crippen molar-refractivity contribution in [3.8, 4) is 0 Å². The van der Waals surface area contributed by atoms with Gasteiger partial charge in [0.15, 0.2) is 0 Å². The first-order valence-corrected chi connectivity index (χ1v) is 7.24. The van der Waals surface area contributed by atoms with E-state index in [1.165, 1.54) is 11.1 Å². The number of hydrogen-bond donors (Lipinski definition) is 1. The lowest BCUT2D eigenvalue weighted by atomic mass is 9.86. The lowest BCUT2D eigenvalue weighted by molar-refractivity contribution is 0.0954. The van der Waals surface area contributed by atoms with E-state index in [2.05, 4.69) is 55.3 Å². The molecule has 1 amide bonds. The largest absolute Gasteiger partial charge is 0.352 e. The number of carbonyl (C=O) groups excluding carboxylic acids is 1. The standard InChI is InChI=1S/C18H22N2O.ClH/c1-18(2,3)16-8-6-14(7-9-16)10-12-20-17(21)15-5-4-11-19-13-15;/h4-9,11,13H,10,12H2,1-3H3,(H,20,21);1H. The number of pyridine rings is 1. The summed E-state index contributed by atoms with van der Waals surface area (Å²) in [5.41, 5.74) is 3.33. The van der Waals surface area contributed by atoms with Crippen LogP contribution in [0.5, 0.6) is 0 Å². The predicted octanol–water partition coefficient (Wildman–Crippen LogP) is 3.77. The first-order chi connectivity index (χ1) is 9.97. The molecule has 0 bridgehead atoms. The van der Waals surface area contributed by atoms with Gasteiger partial charge in [0.2, 0.25) is 0 Å². The maximum Gasteiger partial charge on any atom is 0.252 e. The Morgan fingerprint density at radius 1 is 1.14 bits per heavy atom. The summed E-state index contributed by atoms with van der Waals surface area (Å²) in [6, 6.07) is 12.1. The van der Waals surface area contributed by atoms with Gasteiger partial charge in [0, 0.05) is 18.9 Å².